The number of anilines is 1. The Labute approximate surface area is 113 Å². The molecule has 0 aromatic carbocycles. The van der Waals surface area contributed by atoms with Gasteiger partial charge in [0.2, 0.25) is 0 Å². The van der Waals surface area contributed by atoms with Crippen LogP contribution in [0.15, 0.2) is 5.38 Å². The first-order valence-corrected chi connectivity index (χ1v) is 6.60. The lowest BCUT2D eigenvalue weighted by Gasteiger charge is -2.05. The molecular formula is C11H15F3N2O2S. The van der Waals surface area contributed by atoms with Gasteiger partial charge in [0.25, 0.3) is 0 Å². The highest BCUT2D eigenvalue weighted by Crippen LogP contribution is 2.22. The molecule has 0 unspecified atom stereocenters. The van der Waals surface area contributed by atoms with Crippen LogP contribution in [0.3, 0.4) is 0 Å². The van der Waals surface area contributed by atoms with Crippen LogP contribution in [0.5, 0.6) is 0 Å². The minimum absolute atomic E-state index is 0.0941. The zero-order valence-corrected chi connectivity index (χ0v) is 11.2. The number of halogens is 3. The Balaban J connectivity index is 2.21. The Morgan fingerprint density at radius 1 is 1.47 bits per heavy atom. The van der Waals surface area contributed by atoms with Crippen molar-refractivity contribution in [2.24, 2.45) is 0 Å². The number of alkyl halides is 3. The van der Waals surface area contributed by atoms with Crippen LogP contribution >= 0.6 is 11.3 Å². The number of thiazole rings is 1. The second kappa shape index (κ2) is 7.32. The first kappa shape index (κ1) is 15.7. The first-order chi connectivity index (χ1) is 8.90. The van der Waals surface area contributed by atoms with Crippen molar-refractivity contribution in [2.75, 3.05) is 19.0 Å². The number of carbonyl (C=O) groups is 1. The Hall–Kier alpha value is -1.31. The van der Waals surface area contributed by atoms with Crippen molar-refractivity contribution in [3.05, 3.63) is 11.1 Å². The van der Waals surface area contributed by atoms with E-state index < -0.39 is 12.6 Å². The van der Waals surface area contributed by atoms with E-state index in [4.69, 9.17) is 0 Å². The second-order valence-corrected chi connectivity index (χ2v) is 4.75. The van der Waals surface area contributed by atoms with E-state index in [0.29, 0.717) is 23.8 Å². The van der Waals surface area contributed by atoms with E-state index in [1.807, 2.05) is 0 Å². The number of hydrogen-bond donors (Lipinski definition) is 1. The van der Waals surface area contributed by atoms with Gasteiger partial charge in [-0.3, -0.25) is 4.79 Å². The zero-order chi connectivity index (χ0) is 14.3. The maximum absolute atomic E-state index is 11.9. The second-order valence-electron chi connectivity index (χ2n) is 3.90. The lowest BCUT2D eigenvalue weighted by molar-refractivity contribution is -0.140. The van der Waals surface area contributed by atoms with Crippen molar-refractivity contribution >= 4 is 22.4 Å². The average Bonchev–Trinajstić information content (AvgIpc) is 2.74. The van der Waals surface area contributed by atoms with Gasteiger partial charge < -0.3 is 10.1 Å². The minimum atomic E-state index is -4.09. The molecule has 1 N–H and O–H groups in total. The molecule has 1 aromatic heterocycles. The smallest absolute Gasteiger partial charge is 0.389 e. The highest BCUT2D eigenvalue weighted by molar-refractivity contribution is 7.13. The highest BCUT2D eigenvalue weighted by atomic mass is 32.1. The van der Waals surface area contributed by atoms with Crippen molar-refractivity contribution < 1.29 is 22.7 Å². The van der Waals surface area contributed by atoms with Crippen LogP contribution in [0.4, 0.5) is 18.3 Å². The molecule has 0 aliphatic rings. The lowest BCUT2D eigenvalue weighted by Crippen LogP contribution is -2.09. The fourth-order valence-electron chi connectivity index (χ4n) is 1.34. The Morgan fingerprint density at radius 2 is 2.21 bits per heavy atom. The number of methoxy groups -OCH3 is 1. The van der Waals surface area contributed by atoms with Gasteiger partial charge in [-0.25, -0.2) is 4.98 Å². The molecular weight excluding hydrogens is 281 g/mol. The predicted octanol–water partition coefficient (Wildman–Crippen LogP) is 3.00. The van der Waals surface area contributed by atoms with E-state index in [1.165, 1.54) is 18.4 Å². The van der Waals surface area contributed by atoms with Crippen molar-refractivity contribution in [2.45, 2.75) is 31.9 Å². The van der Waals surface area contributed by atoms with Crippen LogP contribution in [0.1, 0.15) is 25.0 Å². The summed E-state index contributed by atoms with van der Waals surface area (Å²) in [6.07, 6.45) is -4.24. The number of unbranched alkanes of at least 4 members (excludes halogenated alkanes) is 1. The van der Waals surface area contributed by atoms with Crippen LogP contribution < -0.4 is 5.32 Å². The number of nitrogens with zero attached hydrogens (tertiary/aromatic N) is 1. The van der Waals surface area contributed by atoms with Crippen molar-refractivity contribution in [3.8, 4) is 0 Å². The lowest BCUT2D eigenvalue weighted by atomic mass is 10.2. The summed E-state index contributed by atoms with van der Waals surface area (Å²) < 4.78 is 40.2. The van der Waals surface area contributed by atoms with Gasteiger partial charge in [-0.1, -0.05) is 0 Å². The molecule has 0 atom stereocenters. The third kappa shape index (κ3) is 7.00. The van der Waals surface area contributed by atoms with Crippen LogP contribution in [-0.4, -0.2) is 30.8 Å². The molecule has 1 aromatic rings. The molecule has 0 spiro atoms. The number of carbonyl (C=O) groups excluding carboxylic acids is 1. The number of aromatic nitrogens is 1. The molecule has 8 heteroatoms. The molecule has 0 amide bonds. The average molecular weight is 296 g/mol. The summed E-state index contributed by atoms with van der Waals surface area (Å²) >= 11 is 1.31. The van der Waals surface area contributed by atoms with Gasteiger partial charge in [0, 0.05) is 18.3 Å². The number of nitrogens with one attached hydrogen (secondary N) is 1. The van der Waals surface area contributed by atoms with Gasteiger partial charge in [0.1, 0.15) is 0 Å². The van der Waals surface area contributed by atoms with Gasteiger partial charge >= 0.3 is 12.1 Å². The monoisotopic (exact) mass is 296 g/mol. The fraction of sp³-hybridized carbons (Fsp3) is 0.636. The number of ether oxygens (including phenoxy) is 1. The summed E-state index contributed by atoms with van der Waals surface area (Å²) in [4.78, 5) is 15.1. The summed E-state index contributed by atoms with van der Waals surface area (Å²) in [6, 6.07) is 0. The molecule has 1 heterocycles. The van der Waals surface area contributed by atoms with Crippen molar-refractivity contribution in [1.29, 1.82) is 0 Å². The molecule has 0 radical (unpaired) electrons. The van der Waals surface area contributed by atoms with Gasteiger partial charge in [0.05, 0.1) is 19.2 Å². The predicted molar refractivity (Wildman–Crippen MR) is 66.2 cm³/mol. The van der Waals surface area contributed by atoms with E-state index in [1.54, 1.807) is 5.38 Å². The van der Waals surface area contributed by atoms with E-state index in [9.17, 15) is 18.0 Å². The minimum Gasteiger partial charge on any atom is -0.469 e. The zero-order valence-electron chi connectivity index (χ0n) is 10.4. The maximum atomic E-state index is 11.9. The molecule has 0 aliphatic carbocycles. The third-order valence-electron chi connectivity index (χ3n) is 2.27. The molecule has 4 nitrogen and oxygen atoms in total. The van der Waals surface area contributed by atoms with Crippen LogP contribution in [0.25, 0.3) is 0 Å². The molecule has 19 heavy (non-hydrogen) atoms. The molecule has 0 bridgehead atoms. The van der Waals surface area contributed by atoms with Crippen molar-refractivity contribution in [3.63, 3.8) is 0 Å². The van der Waals surface area contributed by atoms with Crippen LogP contribution in [-0.2, 0) is 16.0 Å². The summed E-state index contributed by atoms with van der Waals surface area (Å²) in [5.74, 6) is -0.373. The Morgan fingerprint density at radius 3 is 2.84 bits per heavy atom. The van der Waals surface area contributed by atoms with E-state index in [2.05, 4.69) is 15.0 Å². The summed E-state index contributed by atoms with van der Waals surface area (Å²) in [5.41, 5.74) is 0.592. The molecule has 108 valence electrons. The van der Waals surface area contributed by atoms with Crippen LogP contribution in [0, 0.1) is 0 Å². The van der Waals surface area contributed by atoms with Crippen molar-refractivity contribution in [1.82, 2.24) is 4.98 Å². The standard InChI is InChI=1S/C11H15F3N2O2S/c1-18-9(17)6-8-7-19-10(16-8)15-5-3-2-4-11(12,13)14/h7H,2-6H2,1H3,(H,15,16). The first-order valence-electron chi connectivity index (χ1n) is 5.72. The largest absolute Gasteiger partial charge is 0.469 e. The molecule has 0 fully saturated rings. The van der Waals surface area contributed by atoms with Crippen LogP contribution in [0.2, 0.25) is 0 Å². The van der Waals surface area contributed by atoms with Gasteiger partial charge in [-0.05, 0) is 12.8 Å². The van der Waals surface area contributed by atoms with E-state index in [-0.39, 0.29) is 18.8 Å². The normalized spacial score (nSPS) is 11.4. The Bertz CT molecular complexity index is 407. The van der Waals surface area contributed by atoms with E-state index >= 15 is 0 Å². The fourth-order valence-corrected chi connectivity index (χ4v) is 2.07. The molecule has 0 saturated carbocycles. The third-order valence-corrected chi connectivity index (χ3v) is 3.12. The molecule has 0 saturated heterocycles. The topological polar surface area (TPSA) is 51.2 Å². The number of rotatable bonds is 7. The van der Waals surface area contributed by atoms with E-state index in [0.717, 1.165) is 0 Å². The highest BCUT2D eigenvalue weighted by Gasteiger charge is 2.25. The maximum Gasteiger partial charge on any atom is 0.389 e. The number of hydrogen-bond acceptors (Lipinski definition) is 5. The summed E-state index contributed by atoms with van der Waals surface area (Å²) in [7, 11) is 1.30. The number of esters is 1. The Kier molecular flexibility index (Phi) is 6.07. The van der Waals surface area contributed by atoms with Gasteiger partial charge in [0.15, 0.2) is 5.13 Å². The molecule has 0 aliphatic heterocycles. The molecule has 1 rings (SSSR count). The quantitative estimate of drug-likeness (QED) is 0.621. The van der Waals surface area contributed by atoms with Gasteiger partial charge in [-0.15, -0.1) is 11.3 Å². The summed E-state index contributed by atoms with van der Waals surface area (Å²) in [5, 5.41) is 5.25. The SMILES string of the molecule is COC(=O)Cc1csc(NCCCCC(F)(F)F)n1. The van der Waals surface area contributed by atoms with Gasteiger partial charge in [-0.2, -0.15) is 13.2 Å². The summed E-state index contributed by atoms with van der Waals surface area (Å²) in [6.45, 7) is 0.432.